The molecule has 0 radical (unpaired) electrons. The Labute approximate surface area is 173 Å². The van der Waals surface area contributed by atoms with Gasteiger partial charge in [0, 0.05) is 5.56 Å². The monoisotopic (exact) mass is 396 g/mol. The summed E-state index contributed by atoms with van der Waals surface area (Å²) in [4.78, 5) is 25.8. The zero-order valence-corrected chi connectivity index (χ0v) is 18.2. The van der Waals surface area contributed by atoms with Gasteiger partial charge in [0.05, 0.1) is 12.8 Å². The van der Waals surface area contributed by atoms with E-state index in [9.17, 15) is 9.59 Å². The highest BCUT2D eigenvalue weighted by atomic mass is 16.5. The van der Waals surface area contributed by atoms with E-state index in [-0.39, 0.29) is 23.1 Å². The number of hydrogen-bond donors (Lipinski definition) is 2. The van der Waals surface area contributed by atoms with Crippen LogP contribution in [0.15, 0.2) is 48.5 Å². The Hall–Kier alpha value is -2.82. The molecular formula is C24H32N2O3. The van der Waals surface area contributed by atoms with Gasteiger partial charge in [-0.3, -0.25) is 9.59 Å². The molecule has 5 heteroatoms. The van der Waals surface area contributed by atoms with Gasteiger partial charge in [0.2, 0.25) is 5.91 Å². The molecule has 0 spiro atoms. The predicted molar refractivity (Wildman–Crippen MR) is 117 cm³/mol. The van der Waals surface area contributed by atoms with Crippen molar-refractivity contribution in [1.29, 1.82) is 0 Å². The fraction of sp³-hybridized carbons (Fsp3) is 0.417. The molecular weight excluding hydrogens is 364 g/mol. The average molecular weight is 397 g/mol. The van der Waals surface area contributed by atoms with Crippen LogP contribution in [0.4, 0.5) is 5.69 Å². The first-order chi connectivity index (χ1) is 13.7. The SMILES string of the molecule is CC[C@H](C)[C@H](NC(=O)c1ccccc1)C(=O)Nc1cc(C(C)(C)C)ccc1OC. The number of carbonyl (C=O) groups excluding carboxylic acids is 2. The van der Waals surface area contributed by atoms with Crippen LogP contribution in [-0.2, 0) is 10.2 Å². The number of amides is 2. The van der Waals surface area contributed by atoms with Crippen molar-refractivity contribution in [3.63, 3.8) is 0 Å². The zero-order valence-electron chi connectivity index (χ0n) is 18.2. The fourth-order valence-corrected chi connectivity index (χ4v) is 3.00. The van der Waals surface area contributed by atoms with Gasteiger partial charge in [0.1, 0.15) is 11.8 Å². The Balaban J connectivity index is 2.27. The number of benzene rings is 2. The molecule has 0 unspecified atom stereocenters. The molecule has 0 aliphatic rings. The number of carbonyl (C=O) groups is 2. The normalized spacial score (nSPS) is 13.3. The Morgan fingerprint density at radius 2 is 1.72 bits per heavy atom. The van der Waals surface area contributed by atoms with Crippen LogP contribution in [0.2, 0.25) is 0 Å². The standard InChI is InChI=1S/C24H32N2O3/c1-7-16(2)21(26-22(27)17-11-9-8-10-12-17)23(28)25-19-15-18(24(3,4)5)13-14-20(19)29-6/h8-16,21H,7H2,1-6H3,(H,25,28)(H,26,27)/t16-,21-/m0/s1. The van der Waals surface area contributed by atoms with Crippen LogP contribution in [0.3, 0.4) is 0 Å². The lowest BCUT2D eigenvalue weighted by atomic mass is 9.86. The first-order valence-electron chi connectivity index (χ1n) is 10.0. The molecule has 0 saturated carbocycles. The van der Waals surface area contributed by atoms with Gasteiger partial charge >= 0.3 is 0 Å². The van der Waals surface area contributed by atoms with Gasteiger partial charge < -0.3 is 15.4 Å². The fourth-order valence-electron chi connectivity index (χ4n) is 3.00. The van der Waals surface area contributed by atoms with E-state index in [0.29, 0.717) is 17.0 Å². The van der Waals surface area contributed by atoms with Crippen LogP contribution >= 0.6 is 0 Å². The second kappa shape index (κ2) is 9.59. The van der Waals surface area contributed by atoms with E-state index in [2.05, 4.69) is 31.4 Å². The Bertz CT molecular complexity index is 841. The van der Waals surface area contributed by atoms with Crippen molar-refractivity contribution in [1.82, 2.24) is 5.32 Å². The van der Waals surface area contributed by atoms with Crippen molar-refractivity contribution in [2.45, 2.75) is 52.5 Å². The van der Waals surface area contributed by atoms with E-state index in [1.807, 2.05) is 38.1 Å². The first-order valence-corrected chi connectivity index (χ1v) is 10.0. The molecule has 156 valence electrons. The Morgan fingerprint density at radius 3 is 2.28 bits per heavy atom. The molecule has 0 aliphatic heterocycles. The van der Waals surface area contributed by atoms with E-state index in [4.69, 9.17) is 4.74 Å². The average Bonchev–Trinajstić information content (AvgIpc) is 2.71. The topological polar surface area (TPSA) is 67.4 Å². The third-order valence-corrected chi connectivity index (χ3v) is 5.14. The number of hydrogen-bond acceptors (Lipinski definition) is 3. The highest BCUT2D eigenvalue weighted by Gasteiger charge is 2.27. The molecule has 2 aromatic rings. The van der Waals surface area contributed by atoms with Crippen LogP contribution in [0, 0.1) is 5.92 Å². The van der Waals surface area contributed by atoms with E-state index in [1.54, 1.807) is 31.4 Å². The van der Waals surface area contributed by atoms with Crippen LogP contribution in [0.5, 0.6) is 5.75 Å². The number of nitrogens with one attached hydrogen (secondary N) is 2. The lowest BCUT2D eigenvalue weighted by molar-refractivity contribution is -0.119. The summed E-state index contributed by atoms with van der Waals surface area (Å²) in [6.45, 7) is 10.3. The number of methoxy groups -OCH3 is 1. The van der Waals surface area contributed by atoms with E-state index in [1.165, 1.54) is 0 Å². The Morgan fingerprint density at radius 1 is 1.07 bits per heavy atom. The van der Waals surface area contributed by atoms with Gasteiger partial charge in [-0.15, -0.1) is 0 Å². The maximum Gasteiger partial charge on any atom is 0.251 e. The van der Waals surface area contributed by atoms with Crippen LogP contribution < -0.4 is 15.4 Å². The van der Waals surface area contributed by atoms with Crippen LogP contribution in [-0.4, -0.2) is 25.0 Å². The molecule has 0 aromatic heterocycles. The largest absolute Gasteiger partial charge is 0.495 e. The summed E-state index contributed by atoms with van der Waals surface area (Å²) >= 11 is 0. The third-order valence-electron chi connectivity index (χ3n) is 5.14. The van der Waals surface area contributed by atoms with Gasteiger partial charge in [-0.2, -0.15) is 0 Å². The number of anilines is 1. The van der Waals surface area contributed by atoms with E-state index >= 15 is 0 Å². The zero-order chi connectivity index (χ0) is 21.6. The van der Waals surface area contributed by atoms with Gasteiger partial charge in [-0.1, -0.05) is 65.3 Å². The van der Waals surface area contributed by atoms with Crippen molar-refractivity contribution in [3.05, 3.63) is 59.7 Å². The molecule has 2 rings (SSSR count). The van der Waals surface area contributed by atoms with Gasteiger partial charge in [-0.05, 0) is 41.2 Å². The maximum absolute atomic E-state index is 13.1. The van der Waals surface area contributed by atoms with Crippen molar-refractivity contribution in [2.75, 3.05) is 12.4 Å². The van der Waals surface area contributed by atoms with Crippen LogP contribution in [0.25, 0.3) is 0 Å². The summed E-state index contributed by atoms with van der Waals surface area (Å²) < 4.78 is 5.43. The highest BCUT2D eigenvalue weighted by molar-refractivity contribution is 6.01. The summed E-state index contributed by atoms with van der Waals surface area (Å²) in [5.74, 6) is 0.0394. The molecule has 0 saturated heterocycles. The van der Waals surface area contributed by atoms with Gasteiger partial charge in [0.25, 0.3) is 5.91 Å². The summed E-state index contributed by atoms with van der Waals surface area (Å²) in [7, 11) is 1.57. The molecule has 5 nitrogen and oxygen atoms in total. The summed E-state index contributed by atoms with van der Waals surface area (Å²) in [6, 6.07) is 14.1. The van der Waals surface area contributed by atoms with E-state index < -0.39 is 6.04 Å². The van der Waals surface area contributed by atoms with Crippen molar-refractivity contribution < 1.29 is 14.3 Å². The molecule has 29 heavy (non-hydrogen) atoms. The second-order valence-electron chi connectivity index (χ2n) is 8.36. The molecule has 0 aliphatic carbocycles. The highest BCUT2D eigenvalue weighted by Crippen LogP contribution is 2.31. The first kappa shape index (κ1) is 22.5. The summed E-state index contributed by atoms with van der Waals surface area (Å²) in [5.41, 5.74) is 2.15. The number of rotatable bonds is 7. The molecule has 0 bridgehead atoms. The molecule has 2 aromatic carbocycles. The number of ether oxygens (including phenoxy) is 1. The lowest BCUT2D eigenvalue weighted by Gasteiger charge is -2.25. The quantitative estimate of drug-likeness (QED) is 0.708. The molecule has 0 heterocycles. The minimum Gasteiger partial charge on any atom is -0.495 e. The van der Waals surface area contributed by atoms with Crippen molar-refractivity contribution in [2.24, 2.45) is 5.92 Å². The minimum atomic E-state index is -0.657. The third kappa shape index (κ3) is 5.83. The Kier molecular flexibility index (Phi) is 7.43. The maximum atomic E-state index is 13.1. The van der Waals surface area contributed by atoms with Crippen LogP contribution in [0.1, 0.15) is 57.0 Å². The van der Waals surface area contributed by atoms with Crippen molar-refractivity contribution >= 4 is 17.5 Å². The molecule has 2 atom stereocenters. The van der Waals surface area contributed by atoms with E-state index in [0.717, 1.165) is 12.0 Å². The smallest absolute Gasteiger partial charge is 0.251 e. The van der Waals surface area contributed by atoms with Crippen molar-refractivity contribution in [3.8, 4) is 5.75 Å². The summed E-state index contributed by atoms with van der Waals surface area (Å²) in [5, 5.41) is 5.86. The molecule has 0 fully saturated rings. The second-order valence-corrected chi connectivity index (χ2v) is 8.36. The predicted octanol–water partition coefficient (Wildman–Crippen LogP) is 4.78. The molecule has 2 N–H and O–H groups in total. The summed E-state index contributed by atoms with van der Waals surface area (Å²) in [6.07, 6.45) is 0.756. The van der Waals surface area contributed by atoms with Gasteiger partial charge in [0.15, 0.2) is 0 Å². The lowest BCUT2D eigenvalue weighted by Crippen LogP contribution is -2.47. The van der Waals surface area contributed by atoms with Gasteiger partial charge in [-0.25, -0.2) is 0 Å². The molecule has 2 amide bonds. The minimum absolute atomic E-state index is 0.0283.